The van der Waals surface area contributed by atoms with Crippen molar-refractivity contribution in [2.45, 2.75) is 6.92 Å². The third kappa shape index (κ3) is 4.53. The largest absolute Gasteiger partial charge is 0.494 e. The average molecular weight is 295 g/mol. The molecule has 0 aromatic heterocycles. The maximum atomic E-state index is 11.9. The van der Waals surface area contributed by atoms with Crippen LogP contribution in [-0.4, -0.2) is 19.1 Å². The van der Waals surface area contributed by atoms with Crippen LogP contribution in [0.25, 0.3) is 0 Å². The van der Waals surface area contributed by atoms with Gasteiger partial charge in [-0.1, -0.05) is 6.07 Å². The van der Waals surface area contributed by atoms with Gasteiger partial charge in [0.15, 0.2) is 0 Å². The fourth-order valence-electron chi connectivity index (χ4n) is 1.89. The minimum atomic E-state index is -0.177. The van der Waals surface area contributed by atoms with E-state index in [1.165, 1.54) is 0 Å². The first kappa shape index (κ1) is 15.4. The van der Waals surface area contributed by atoms with Crippen LogP contribution in [0.15, 0.2) is 48.5 Å². The molecule has 2 aromatic rings. The van der Waals surface area contributed by atoms with E-state index in [4.69, 9.17) is 10.00 Å². The molecule has 0 saturated heterocycles. The van der Waals surface area contributed by atoms with E-state index in [1.54, 1.807) is 24.3 Å². The number of carbonyl (C=O) groups is 1. The standard InChI is InChI=1S/C17H17N3O2/c1-2-22-16-8-6-14(7-9-16)19-12-17(21)20-15-5-3-4-13(10-15)11-18/h3-10,19H,2,12H2,1H3,(H,20,21). The number of carbonyl (C=O) groups excluding carboxylic acids is 1. The van der Waals surface area contributed by atoms with Crippen LogP contribution >= 0.6 is 0 Å². The van der Waals surface area contributed by atoms with Gasteiger partial charge in [-0.15, -0.1) is 0 Å². The van der Waals surface area contributed by atoms with E-state index in [1.807, 2.05) is 37.3 Å². The fourth-order valence-corrected chi connectivity index (χ4v) is 1.89. The van der Waals surface area contributed by atoms with Gasteiger partial charge in [0.1, 0.15) is 5.75 Å². The SMILES string of the molecule is CCOc1ccc(NCC(=O)Nc2cccc(C#N)c2)cc1. The molecular formula is C17H17N3O2. The number of hydrogen-bond donors (Lipinski definition) is 2. The molecule has 0 radical (unpaired) electrons. The van der Waals surface area contributed by atoms with E-state index in [9.17, 15) is 4.79 Å². The number of nitriles is 1. The molecular weight excluding hydrogens is 278 g/mol. The zero-order chi connectivity index (χ0) is 15.8. The maximum absolute atomic E-state index is 11.9. The van der Waals surface area contributed by atoms with Gasteiger partial charge in [0.2, 0.25) is 5.91 Å². The molecule has 0 aliphatic rings. The summed E-state index contributed by atoms with van der Waals surface area (Å²) >= 11 is 0. The molecule has 0 unspecified atom stereocenters. The maximum Gasteiger partial charge on any atom is 0.243 e. The Morgan fingerprint density at radius 2 is 1.95 bits per heavy atom. The number of nitrogens with zero attached hydrogens (tertiary/aromatic N) is 1. The molecule has 0 aliphatic carbocycles. The monoisotopic (exact) mass is 295 g/mol. The first-order chi connectivity index (χ1) is 10.7. The lowest BCUT2D eigenvalue weighted by molar-refractivity contribution is -0.114. The Morgan fingerprint density at radius 1 is 1.18 bits per heavy atom. The minimum absolute atomic E-state index is 0.144. The van der Waals surface area contributed by atoms with Crippen molar-refractivity contribution >= 4 is 17.3 Å². The van der Waals surface area contributed by atoms with Gasteiger partial charge in [0, 0.05) is 11.4 Å². The third-order valence-electron chi connectivity index (χ3n) is 2.89. The zero-order valence-corrected chi connectivity index (χ0v) is 12.3. The second-order valence-corrected chi connectivity index (χ2v) is 4.55. The third-order valence-corrected chi connectivity index (χ3v) is 2.89. The Balaban J connectivity index is 1.85. The van der Waals surface area contributed by atoms with E-state index in [-0.39, 0.29) is 12.5 Å². The molecule has 22 heavy (non-hydrogen) atoms. The molecule has 0 spiro atoms. The highest BCUT2D eigenvalue weighted by Crippen LogP contribution is 2.15. The van der Waals surface area contributed by atoms with Crippen molar-refractivity contribution in [3.63, 3.8) is 0 Å². The zero-order valence-electron chi connectivity index (χ0n) is 12.3. The first-order valence-electron chi connectivity index (χ1n) is 6.98. The van der Waals surface area contributed by atoms with Gasteiger partial charge >= 0.3 is 0 Å². The summed E-state index contributed by atoms with van der Waals surface area (Å²) in [6, 6.07) is 16.2. The number of nitrogens with one attached hydrogen (secondary N) is 2. The molecule has 5 nitrogen and oxygen atoms in total. The first-order valence-corrected chi connectivity index (χ1v) is 6.98. The predicted molar refractivity (Wildman–Crippen MR) is 85.9 cm³/mol. The van der Waals surface area contributed by atoms with Gasteiger partial charge in [-0.05, 0) is 49.4 Å². The average Bonchev–Trinajstić information content (AvgIpc) is 2.55. The summed E-state index contributed by atoms with van der Waals surface area (Å²) in [5.74, 6) is 0.620. The molecule has 0 aliphatic heterocycles. The van der Waals surface area contributed by atoms with Crippen molar-refractivity contribution in [1.82, 2.24) is 0 Å². The molecule has 0 fully saturated rings. The van der Waals surface area contributed by atoms with Crippen LogP contribution in [0.2, 0.25) is 0 Å². The number of hydrogen-bond acceptors (Lipinski definition) is 4. The summed E-state index contributed by atoms with van der Waals surface area (Å²) in [4.78, 5) is 11.9. The van der Waals surface area contributed by atoms with Crippen molar-refractivity contribution in [2.75, 3.05) is 23.8 Å². The Labute approximate surface area is 129 Å². The van der Waals surface area contributed by atoms with E-state index in [0.29, 0.717) is 17.9 Å². The summed E-state index contributed by atoms with van der Waals surface area (Å²) in [6.45, 7) is 2.69. The smallest absolute Gasteiger partial charge is 0.243 e. The lowest BCUT2D eigenvalue weighted by atomic mass is 10.2. The topological polar surface area (TPSA) is 74.2 Å². The van der Waals surface area contributed by atoms with Gasteiger partial charge < -0.3 is 15.4 Å². The lowest BCUT2D eigenvalue weighted by Crippen LogP contribution is -2.21. The second-order valence-electron chi connectivity index (χ2n) is 4.55. The van der Waals surface area contributed by atoms with Crippen LogP contribution in [0, 0.1) is 11.3 Å². The highest BCUT2D eigenvalue weighted by Gasteiger charge is 2.03. The summed E-state index contributed by atoms with van der Waals surface area (Å²) in [5.41, 5.74) is 1.96. The number of benzene rings is 2. The van der Waals surface area contributed by atoms with Crippen LogP contribution in [0.3, 0.4) is 0 Å². The normalized spacial score (nSPS) is 9.64. The number of amides is 1. The van der Waals surface area contributed by atoms with Gasteiger partial charge in [-0.3, -0.25) is 4.79 Å². The molecule has 5 heteroatoms. The summed E-state index contributed by atoms with van der Waals surface area (Å²) in [7, 11) is 0. The van der Waals surface area contributed by atoms with Crippen LogP contribution in [0.4, 0.5) is 11.4 Å². The molecule has 0 saturated carbocycles. The fraction of sp³-hybridized carbons (Fsp3) is 0.176. The molecule has 2 N–H and O–H groups in total. The molecule has 0 heterocycles. The molecule has 2 rings (SSSR count). The predicted octanol–water partition coefficient (Wildman–Crippen LogP) is 3.01. The summed E-state index contributed by atoms with van der Waals surface area (Å²) < 4.78 is 5.35. The lowest BCUT2D eigenvalue weighted by Gasteiger charge is -2.09. The second kappa shape index (κ2) is 7.70. The molecule has 0 bridgehead atoms. The van der Waals surface area contributed by atoms with Crippen molar-refractivity contribution in [2.24, 2.45) is 0 Å². The van der Waals surface area contributed by atoms with E-state index < -0.39 is 0 Å². The van der Waals surface area contributed by atoms with E-state index in [2.05, 4.69) is 10.6 Å². The molecule has 0 atom stereocenters. The van der Waals surface area contributed by atoms with Gasteiger partial charge in [0.05, 0.1) is 24.8 Å². The Morgan fingerprint density at radius 3 is 2.64 bits per heavy atom. The van der Waals surface area contributed by atoms with Crippen molar-refractivity contribution in [3.05, 3.63) is 54.1 Å². The van der Waals surface area contributed by atoms with E-state index >= 15 is 0 Å². The van der Waals surface area contributed by atoms with Crippen LogP contribution in [-0.2, 0) is 4.79 Å². The van der Waals surface area contributed by atoms with Crippen LogP contribution in [0.1, 0.15) is 12.5 Å². The minimum Gasteiger partial charge on any atom is -0.494 e. The molecule has 112 valence electrons. The number of rotatable bonds is 6. The van der Waals surface area contributed by atoms with Gasteiger partial charge in [-0.2, -0.15) is 5.26 Å². The van der Waals surface area contributed by atoms with Gasteiger partial charge in [0.25, 0.3) is 0 Å². The van der Waals surface area contributed by atoms with Crippen molar-refractivity contribution < 1.29 is 9.53 Å². The summed E-state index contributed by atoms with van der Waals surface area (Å²) in [6.07, 6.45) is 0. The Hall–Kier alpha value is -3.00. The van der Waals surface area contributed by atoms with Gasteiger partial charge in [-0.25, -0.2) is 0 Å². The Bertz CT molecular complexity index is 675. The van der Waals surface area contributed by atoms with Crippen molar-refractivity contribution in [1.29, 1.82) is 5.26 Å². The highest BCUT2D eigenvalue weighted by molar-refractivity contribution is 5.93. The summed E-state index contributed by atoms with van der Waals surface area (Å²) in [5, 5.41) is 14.6. The van der Waals surface area contributed by atoms with Crippen LogP contribution < -0.4 is 15.4 Å². The van der Waals surface area contributed by atoms with Crippen molar-refractivity contribution in [3.8, 4) is 11.8 Å². The Kier molecular flexibility index (Phi) is 5.38. The molecule has 2 aromatic carbocycles. The number of ether oxygens (including phenoxy) is 1. The van der Waals surface area contributed by atoms with Crippen LogP contribution in [0.5, 0.6) is 5.75 Å². The van der Waals surface area contributed by atoms with E-state index in [0.717, 1.165) is 11.4 Å². The molecule has 1 amide bonds. The quantitative estimate of drug-likeness (QED) is 0.859. The number of anilines is 2. The highest BCUT2D eigenvalue weighted by atomic mass is 16.5.